The molecule has 0 aliphatic rings. The summed E-state index contributed by atoms with van der Waals surface area (Å²) in [5, 5.41) is 8.65. The Morgan fingerprint density at radius 1 is 1.64 bits per heavy atom. The van der Waals surface area contributed by atoms with E-state index in [1.165, 1.54) is 6.07 Å². The molecule has 0 saturated heterocycles. The van der Waals surface area contributed by atoms with Crippen molar-refractivity contribution in [2.45, 2.75) is 19.9 Å². The van der Waals surface area contributed by atoms with Crippen molar-refractivity contribution in [3.63, 3.8) is 0 Å². The van der Waals surface area contributed by atoms with Crippen molar-refractivity contribution in [1.82, 2.24) is 4.98 Å². The minimum absolute atomic E-state index is 0.0169. The first-order valence-electron chi connectivity index (χ1n) is 3.99. The molecule has 0 fully saturated rings. The molecule has 2 N–H and O–H groups in total. The van der Waals surface area contributed by atoms with Crippen molar-refractivity contribution < 1.29 is 8.78 Å². The summed E-state index contributed by atoms with van der Waals surface area (Å²) in [5.74, 6) is 0. The van der Waals surface area contributed by atoms with Crippen molar-refractivity contribution in [1.29, 1.82) is 5.26 Å². The minimum Gasteiger partial charge on any atom is -0.326 e. The highest BCUT2D eigenvalue weighted by molar-refractivity contribution is 5.38. The van der Waals surface area contributed by atoms with E-state index >= 15 is 0 Å². The summed E-state index contributed by atoms with van der Waals surface area (Å²) in [6.07, 6.45) is -2.67. The molecule has 1 heterocycles. The van der Waals surface area contributed by atoms with E-state index < -0.39 is 12.1 Å². The van der Waals surface area contributed by atoms with Crippen LogP contribution in [-0.2, 0) is 6.54 Å². The first-order valence-corrected chi connectivity index (χ1v) is 3.99. The van der Waals surface area contributed by atoms with Crippen LogP contribution in [-0.4, -0.2) is 4.98 Å². The van der Waals surface area contributed by atoms with Gasteiger partial charge in [-0.15, -0.1) is 0 Å². The standard InChI is InChI=1S/C9H9F2N3/c1-5-6(3-12)2-7(9(10)11)14-8(5)4-13/h2,9H,3,12H2,1H3. The monoisotopic (exact) mass is 197 g/mol. The Kier molecular flexibility index (Phi) is 3.10. The van der Waals surface area contributed by atoms with Crippen LogP contribution in [0.5, 0.6) is 0 Å². The zero-order chi connectivity index (χ0) is 10.7. The second kappa shape index (κ2) is 4.11. The molecule has 14 heavy (non-hydrogen) atoms. The first-order chi connectivity index (χ1) is 6.60. The fourth-order valence-corrected chi connectivity index (χ4v) is 1.12. The molecule has 0 saturated carbocycles. The molecule has 1 aromatic rings. The Hall–Kier alpha value is -1.54. The Bertz CT molecular complexity index is 382. The highest BCUT2D eigenvalue weighted by Crippen LogP contribution is 2.21. The van der Waals surface area contributed by atoms with Crippen molar-refractivity contribution in [3.05, 3.63) is 28.6 Å². The average molecular weight is 197 g/mol. The molecule has 1 rings (SSSR count). The summed E-state index contributed by atoms with van der Waals surface area (Å²) in [7, 11) is 0. The molecule has 1 aromatic heterocycles. The van der Waals surface area contributed by atoms with Gasteiger partial charge in [-0.25, -0.2) is 13.8 Å². The van der Waals surface area contributed by atoms with E-state index in [1.54, 1.807) is 13.0 Å². The molecule has 0 aliphatic heterocycles. The quantitative estimate of drug-likeness (QED) is 0.784. The third-order valence-corrected chi connectivity index (χ3v) is 1.95. The predicted octanol–water partition coefficient (Wildman–Crippen LogP) is 1.66. The normalized spacial score (nSPS) is 10.3. The number of nitrogens with two attached hydrogens (primary N) is 1. The van der Waals surface area contributed by atoms with Crippen LogP contribution in [0.3, 0.4) is 0 Å². The van der Waals surface area contributed by atoms with Gasteiger partial charge >= 0.3 is 0 Å². The molecule has 0 atom stereocenters. The smallest absolute Gasteiger partial charge is 0.280 e. The predicted molar refractivity (Wildman–Crippen MR) is 46.5 cm³/mol. The van der Waals surface area contributed by atoms with Gasteiger partial charge in [-0.1, -0.05) is 0 Å². The molecule has 0 bridgehead atoms. The summed E-state index contributed by atoms with van der Waals surface area (Å²) in [5.41, 5.74) is 6.09. The van der Waals surface area contributed by atoms with Crippen LogP contribution in [0.2, 0.25) is 0 Å². The van der Waals surface area contributed by atoms with Gasteiger partial charge < -0.3 is 5.73 Å². The van der Waals surface area contributed by atoms with Crippen LogP contribution in [0.15, 0.2) is 6.07 Å². The number of halogens is 2. The number of hydrogen-bond donors (Lipinski definition) is 1. The molecular formula is C9H9F2N3. The molecule has 0 radical (unpaired) electrons. The summed E-state index contributed by atoms with van der Waals surface area (Å²) in [6, 6.07) is 3.00. The van der Waals surface area contributed by atoms with Gasteiger partial charge in [0.25, 0.3) is 6.43 Å². The van der Waals surface area contributed by atoms with Gasteiger partial charge in [0, 0.05) is 6.54 Å². The molecule has 3 nitrogen and oxygen atoms in total. The van der Waals surface area contributed by atoms with E-state index in [4.69, 9.17) is 11.0 Å². The Labute approximate surface area is 80.2 Å². The van der Waals surface area contributed by atoms with Gasteiger partial charge in [0.15, 0.2) is 0 Å². The van der Waals surface area contributed by atoms with Gasteiger partial charge in [0.05, 0.1) is 0 Å². The second-order valence-corrected chi connectivity index (χ2v) is 2.80. The molecule has 5 heteroatoms. The van der Waals surface area contributed by atoms with E-state index in [-0.39, 0.29) is 12.2 Å². The molecule has 0 spiro atoms. The zero-order valence-electron chi connectivity index (χ0n) is 7.59. The number of alkyl halides is 2. The number of rotatable bonds is 2. The van der Waals surface area contributed by atoms with Crippen LogP contribution >= 0.6 is 0 Å². The highest BCUT2D eigenvalue weighted by atomic mass is 19.3. The van der Waals surface area contributed by atoms with Crippen LogP contribution in [0.1, 0.15) is 28.9 Å². The molecule has 0 amide bonds. The number of aromatic nitrogens is 1. The average Bonchev–Trinajstić information content (AvgIpc) is 2.17. The lowest BCUT2D eigenvalue weighted by molar-refractivity contribution is 0.146. The Morgan fingerprint density at radius 3 is 2.71 bits per heavy atom. The largest absolute Gasteiger partial charge is 0.326 e. The third-order valence-electron chi connectivity index (χ3n) is 1.95. The summed E-state index contributed by atoms with van der Waals surface area (Å²) in [4.78, 5) is 3.53. The maximum atomic E-state index is 12.3. The van der Waals surface area contributed by atoms with E-state index in [9.17, 15) is 8.78 Å². The second-order valence-electron chi connectivity index (χ2n) is 2.80. The van der Waals surface area contributed by atoms with Crippen molar-refractivity contribution in [2.75, 3.05) is 0 Å². The van der Waals surface area contributed by atoms with E-state index in [0.29, 0.717) is 11.1 Å². The van der Waals surface area contributed by atoms with Gasteiger partial charge in [0.1, 0.15) is 17.5 Å². The number of nitrogens with zero attached hydrogens (tertiary/aromatic N) is 2. The highest BCUT2D eigenvalue weighted by Gasteiger charge is 2.14. The van der Waals surface area contributed by atoms with Crippen molar-refractivity contribution >= 4 is 0 Å². The third kappa shape index (κ3) is 1.86. The number of nitriles is 1. The molecule has 74 valence electrons. The molecule has 0 aromatic carbocycles. The lowest BCUT2D eigenvalue weighted by Crippen LogP contribution is -2.05. The SMILES string of the molecule is Cc1c(CN)cc(C(F)F)nc1C#N. The first kappa shape index (κ1) is 10.5. The lowest BCUT2D eigenvalue weighted by Gasteiger charge is -2.07. The maximum Gasteiger partial charge on any atom is 0.280 e. The maximum absolute atomic E-state index is 12.3. The summed E-state index contributed by atoms with van der Waals surface area (Å²) in [6.45, 7) is 1.77. The number of hydrogen-bond acceptors (Lipinski definition) is 3. The van der Waals surface area contributed by atoms with E-state index in [2.05, 4.69) is 4.98 Å². The van der Waals surface area contributed by atoms with Crippen molar-refractivity contribution in [2.24, 2.45) is 5.73 Å². The van der Waals surface area contributed by atoms with Crippen LogP contribution in [0.4, 0.5) is 8.78 Å². The van der Waals surface area contributed by atoms with Crippen LogP contribution in [0, 0.1) is 18.3 Å². The van der Waals surface area contributed by atoms with Gasteiger partial charge in [-0.3, -0.25) is 0 Å². The van der Waals surface area contributed by atoms with Crippen LogP contribution in [0.25, 0.3) is 0 Å². The topological polar surface area (TPSA) is 62.7 Å². The zero-order valence-corrected chi connectivity index (χ0v) is 7.59. The molecule has 0 unspecified atom stereocenters. The number of pyridine rings is 1. The summed E-state index contributed by atoms with van der Waals surface area (Å²) >= 11 is 0. The van der Waals surface area contributed by atoms with Gasteiger partial charge in [-0.05, 0) is 24.1 Å². The fourth-order valence-electron chi connectivity index (χ4n) is 1.12. The van der Waals surface area contributed by atoms with Gasteiger partial charge in [0.2, 0.25) is 0 Å². The van der Waals surface area contributed by atoms with Crippen molar-refractivity contribution in [3.8, 4) is 6.07 Å². The van der Waals surface area contributed by atoms with Crippen LogP contribution < -0.4 is 5.73 Å². The fraction of sp³-hybridized carbons (Fsp3) is 0.333. The molecular weight excluding hydrogens is 188 g/mol. The molecule has 0 aliphatic carbocycles. The van der Waals surface area contributed by atoms with E-state index in [0.717, 1.165) is 0 Å². The summed E-state index contributed by atoms with van der Waals surface area (Å²) < 4.78 is 24.6. The Balaban J connectivity index is 3.34. The minimum atomic E-state index is -2.67. The van der Waals surface area contributed by atoms with Gasteiger partial charge in [-0.2, -0.15) is 5.26 Å². The van der Waals surface area contributed by atoms with E-state index in [1.807, 2.05) is 0 Å². The Morgan fingerprint density at radius 2 is 2.29 bits per heavy atom. The lowest BCUT2D eigenvalue weighted by atomic mass is 10.1.